The number of nitrogens with zero attached hydrogens (tertiary/aromatic N) is 2. The number of non-ortho nitro benzene ring substituents is 1. The highest BCUT2D eigenvalue weighted by Crippen LogP contribution is 2.21. The number of rotatable bonds is 7. The average molecular weight is 476 g/mol. The Morgan fingerprint density at radius 1 is 1.06 bits per heavy atom. The third kappa shape index (κ3) is 6.14. The third-order valence-corrected chi connectivity index (χ3v) is 7.18. The smallest absolute Gasteiger partial charge is 0.338 e. The number of anilines is 1. The van der Waals surface area contributed by atoms with E-state index >= 15 is 0 Å². The number of hydrogen-bond donors (Lipinski definition) is 1. The van der Waals surface area contributed by atoms with Crippen LogP contribution in [0.1, 0.15) is 43.0 Å². The fraction of sp³-hybridized carbons (Fsp3) is 0.364. The van der Waals surface area contributed by atoms with Crippen LogP contribution in [-0.4, -0.2) is 48.7 Å². The lowest BCUT2D eigenvalue weighted by Gasteiger charge is -2.20. The first kappa shape index (κ1) is 24.3. The standard InChI is InChI=1S/C22H25N3O7S/c1-16(21(26)23-18-7-6-8-19(15-18)25(28)29)32-22(27)17-9-11-20(12-10-17)33(30,31)24-13-4-2-3-5-14-24/h6-12,15-16H,2-5,13-14H2,1H3,(H,23,26). The molecule has 0 spiro atoms. The first-order valence-electron chi connectivity index (χ1n) is 10.5. The van der Waals surface area contributed by atoms with Gasteiger partial charge in [0.2, 0.25) is 10.0 Å². The molecular weight excluding hydrogens is 450 g/mol. The van der Waals surface area contributed by atoms with E-state index in [1.165, 1.54) is 59.8 Å². The summed E-state index contributed by atoms with van der Waals surface area (Å²) >= 11 is 0. The van der Waals surface area contributed by atoms with Gasteiger partial charge in [0.15, 0.2) is 6.10 Å². The maximum absolute atomic E-state index is 12.8. The van der Waals surface area contributed by atoms with E-state index in [1.807, 2.05) is 0 Å². The lowest BCUT2D eigenvalue weighted by molar-refractivity contribution is -0.384. The van der Waals surface area contributed by atoms with Crippen LogP contribution in [0.4, 0.5) is 11.4 Å². The zero-order chi connectivity index (χ0) is 24.0. The second-order valence-corrected chi connectivity index (χ2v) is 9.62. The average Bonchev–Trinajstić information content (AvgIpc) is 3.09. The number of carbonyl (C=O) groups is 2. The summed E-state index contributed by atoms with van der Waals surface area (Å²) in [6, 6.07) is 10.8. The van der Waals surface area contributed by atoms with E-state index in [9.17, 15) is 28.1 Å². The van der Waals surface area contributed by atoms with Gasteiger partial charge >= 0.3 is 5.97 Å². The van der Waals surface area contributed by atoms with Crippen molar-refractivity contribution >= 4 is 33.3 Å². The summed E-state index contributed by atoms with van der Waals surface area (Å²) in [6.45, 7) is 2.31. The molecule has 1 N–H and O–H groups in total. The van der Waals surface area contributed by atoms with Gasteiger partial charge in [-0.3, -0.25) is 14.9 Å². The molecule has 0 aromatic heterocycles. The monoisotopic (exact) mass is 475 g/mol. The fourth-order valence-corrected chi connectivity index (χ4v) is 4.93. The van der Waals surface area contributed by atoms with Crippen LogP contribution in [0.3, 0.4) is 0 Å². The molecule has 0 aliphatic carbocycles. The van der Waals surface area contributed by atoms with Gasteiger partial charge < -0.3 is 10.1 Å². The summed E-state index contributed by atoms with van der Waals surface area (Å²) in [6.07, 6.45) is 2.46. The van der Waals surface area contributed by atoms with Gasteiger partial charge in [-0.2, -0.15) is 4.31 Å². The molecule has 1 saturated heterocycles. The summed E-state index contributed by atoms with van der Waals surface area (Å²) in [4.78, 5) is 35.1. The molecule has 1 atom stereocenters. The number of ether oxygens (including phenoxy) is 1. The van der Waals surface area contributed by atoms with Gasteiger partial charge in [-0.25, -0.2) is 13.2 Å². The number of nitrogens with one attached hydrogen (secondary N) is 1. The Morgan fingerprint density at radius 2 is 1.70 bits per heavy atom. The van der Waals surface area contributed by atoms with Crippen LogP contribution >= 0.6 is 0 Å². The summed E-state index contributed by atoms with van der Waals surface area (Å²) in [5.41, 5.74) is 0.104. The molecule has 1 aliphatic rings. The molecule has 3 rings (SSSR count). The number of benzene rings is 2. The Bertz CT molecular complexity index is 1120. The highest BCUT2D eigenvalue weighted by Gasteiger charge is 2.26. The molecule has 1 fully saturated rings. The quantitative estimate of drug-likeness (QED) is 0.368. The van der Waals surface area contributed by atoms with Crippen molar-refractivity contribution in [3.8, 4) is 0 Å². The van der Waals surface area contributed by atoms with E-state index < -0.39 is 32.9 Å². The van der Waals surface area contributed by atoms with E-state index in [0.29, 0.717) is 13.1 Å². The van der Waals surface area contributed by atoms with Gasteiger partial charge in [0.1, 0.15) is 0 Å². The molecule has 1 heterocycles. The Kier molecular flexibility index (Phi) is 7.77. The molecule has 2 aromatic carbocycles. The van der Waals surface area contributed by atoms with Crippen LogP contribution in [0.2, 0.25) is 0 Å². The summed E-state index contributed by atoms with van der Waals surface area (Å²) in [5, 5.41) is 13.3. The van der Waals surface area contributed by atoms with Gasteiger partial charge in [-0.1, -0.05) is 18.9 Å². The predicted molar refractivity (Wildman–Crippen MR) is 120 cm³/mol. The van der Waals surface area contributed by atoms with Crippen molar-refractivity contribution in [2.75, 3.05) is 18.4 Å². The first-order chi connectivity index (χ1) is 15.7. The van der Waals surface area contributed by atoms with E-state index in [2.05, 4.69) is 5.32 Å². The SMILES string of the molecule is CC(OC(=O)c1ccc(S(=O)(=O)N2CCCCCC2)cc1)C(=O)Nc1cccc([N+](=O)[O-])c1. The topological polar surface area (TPSA) is 136 Å². The predicted octanol–water partition coefficient (Wildman–Crippen LogP) is 3.34. The van der Waals surface area contributed by atoms with Crippen molar-refractivity contribution in [2.24, 2.45) is 0 Å². The normalized spacial score (nSPS) is 15.8. The molecule has 2 aromatic rings. The Labute approximate surface area is 191 Å². The summed E-state index contributed by atoms with van der Waals surface area (Å²) in [7, 11) is -3.64. The Balaban J connectivity index is 1.62. The first-order valence-corrected chi connectivity index (χ1v) is 12.0. The van der Waals surface area contributed by atoms with Crippen molar-refractivity contribution in [3.05, 3.63) is 64.2 Å². The maximum atomic E-state index is 12.8. The Morgan fingerprint density at radius 3 is 2.30 bits per heavy atom. The number of hydrogen-bond acceptors (Lipinski definition) is 7. The highest BCUT2D eigenvalue weighted by molar-refractivity contribution is 7.89. The minimum atomic E-state index is -3.64. The molecule has 11 heteroatoms. The summed E-state index contributed by atoms with van der Waals surface area (Å²) in [5.74, 6) is -1.46. The molecule has 0 radical (unpaired) electrons. The molecular formula is C22H25N3O7S. The van der Waals surface area contributed by atoms with Gasteiger partial charge in [0, 0.05) is 30.9 Å². The van der Waals surface area contributed by atoms with Crippen LogP contribution in [0.25, 0.3) is 0 Å². The molecule has 33 heavy (non-hydrogen) atoms. The van der Waals surface area contributed by atoms with Crippen LogP contribution in [0, 0.1) is 10.1 Å². The van der Waals surface area contributed by atoms with Gasteiger partial charge in [-0.15, -0.1) is 0 Å². The molecule has 1 aliphatic heterocycles. The Hall–Kier alpha value is -3.31. The van der Waals surface area contributed by atoms with Crippen molar-refractivity contribution < 1.29 is 27.7 Å². The molecule has 0 saturated carbocycles. The number of carbonyl (C=O) groups excluding carboxylic acids is 2. The fourth-order valence-electron chi connectivity index (χ4n) is 3.42. The minimum Gasteiger partial charge on any atom is -0.449 e. The van der Waals surface area contributed by atoms with Crippen LogP contribution in [0.15, 0.2) is 53.4 Å². The van der Waals surface area contributed by atoms with Gasteiger partial charge in [0.25, 0.3) is 11.6 Å². The van der Waals surface area contributed by atoms with Crippen LogP contribution in [-0.2, 0) is 19.6 Å². The zero-order valence-corrected chi connectivity index (χ0v) is 18.9. The van der Waals surface area contributed by atoms with Gasteiger partial charge in [0.05, 0.1) is 15.4 Å². The summed E-state index contributed by atoms with van der Waals surface area (Å²) < 4.78 is 32.3. The number of esters is 1. The molecule has 0 bridgehead atoms. The molecule has 10 nitrogen and oxygen atoms in total. The minimum absolute atomic E-state index is 0.0948. The number of amides is 1. The molecule has 1 unspecified atom stereocenters. The van der Waals surface area contributed by atoms with Crippen molar-refractivity contribution in [1.82, 2.24) is 4.31 Å². The van der Waals surface area contributed by atoms with E-state index in [0.717, 1.165) is 25.7 Å². The van der Waals surface area contributed by atoms with E-state index in [4.69, 9.17) is 4.74 Å². The highest BCUT2D eigenvalue weighted by atomic mass is 32.2. The van der Waals surface area contributed by atoms with Crippen molar-refractivity contribution in [2.45, 2.75) is 43.6 Å². The number of sulfonamides is 1. The van der Waals surface area contributed by atoms with Crippen molar-refractivity contribution in [1.29, 1.82) is 0 Å². The lowest BCUT2D eigenvalue weighted by Crippen LogP contribution is -2.32. The second-order valence-electron chi connectivity index (χ2n) is 7.69. The van der Waals surface area contributed by atoms with Gasteiger partial charge in [-0.05, 0) is 50.1 Å². The van der Waals surface area contributed by atoms with Crippen molar-refractivity contribution in [3.63, 3.8) is 0 Å². The third-order valence-electron chi connectivity index (χ3n) is 5.27. The molecule has 176 valence electrons. The lowest BCUT2D eigenvalue weighted by atomic mass is 10.2. The number of nitro benzene ring substituents is 1. The number of nitro groups is 1. The van der Waals surface area contributed by atoms with Crippen LogP contribution < -0.4 is 5.32 Å². The molecule has 1 amide bonds. The van der Waals surface area contributed by atoms with E-state index in [1.54, 1.807) is 0 Å². The largest absolute Gasteiger partial charge is 0.449 e. The zero-order valence-electron chi connectivity index (χ0n) is 18.1. The van der Waals surface area contributed by atoms with Crippen LogP contribution in [0.5, 0.6) is 0 Å². The van der Waals surface area contributed by atoms with E-state index in [-0.39, 0.29) is 21.8 Å². The maximum Gasteiger partial charge on any atom is 0.338 e. The second kappa shape index (κ2) is 10.5.